The van der Waals surface area contributed by atoms with Crippen molar-refractivity contribution in [2.24, 2.45) is 5.92 Å². The van der Waals surface area contributed by atoms with Crippen LogP contribution in [-0.4, -0.2) is 11.9 Å². The first-order chi connectivity index (χ1) is 10.7. The molecule has 4 nitrogen and oxygen atoms in total. The quantitative estimate of drug-likeness (QED) is 0.847. The van der Waals surface area contributed by atoms with Crippen molar-refractivity contribution in [3.05, 3.63) is 65.7 Å². The van der Waals surface area contributed by atoms with Crippen molar-refractivity contribution >= 4 is 17.6 Å². The number of hydrogen-bond donors (Lipinski definition) is 1. The minimum Gasteiger partial charge on any atom is -0.444 e. The average molecular weight is 295 g/mol. The molecule has 1 N–H and O–H groups in total. The standard InChI is InChI=1S/C18H17NO3/c20-17(14-6-7-14)15-8-10-16(11-9-15)19-18(21)22-12-13-4-2-1-3-5-13/h1-5,8-11,14H,6-7,12H2,(H,19,21). The van der Waals surface area contributed by atoms with E-state index in [-0.39, 0.29) is 18.3 Å². The van der Waals surface area contributed by atoms with E-state index < -0.39 is 6.09 Å². The molecule has 4 heteroatoms. The molecule has 0 atom stereocenters. The summed E-state index contributed by atoms with van der Waals surface area (Å²) in [7, 11) is 0. The van der Waals surface area contributed by atoms with Gasteiger partial charge in [-0.1, -0.05) is 30.3 Å². The van der Waals surface area contributed by atoms with Crippen LogP contribution in [0, 0.1) is 5.92 Å². The number of Topliss-reactive ketones (excluding diaryl/α,β-unsaturated/α-hetero) is 1. The molecule has 2 aromatic carbocycles. The number of carbonyl (C=O) groups is 2. The van der Waals surface area contributed by atoms with E-state index in [1.54, 1.807) is 24.3 Å². The summed E-state index contributed by atoms with van der Waals surface area (Å²) >= 11 is 0. The van der Waals surface area contributed by atoms with Crippen LogP contribution < -0.4 is 5.32 Å². The molecule has 1 saturated carbocycles. The van der Waals surface area contributed by atoms with Gasteiger partial charge >= 0.3 is 6.09 Å². The zero-order valence-electron chi connectivity index (χ0n) is 12.1. The van der Waals surface area contributed by atoms with Gasteiger partial charge < -0.3 is 4.74 Å². The smallest absolute Gasteiger partial charge is 0.411 e. The second-order valence-electron chi connectivity index (χ2n) is 5.40. The van der Waals surface area contributed by atoms with Crippen LogP contribution in [-0.2, 0) is 11.3 Å². The summed E-state index contributed by atoms with van der Waals surface area (Å²) in [6.45, 7) is 0.227. The molecule has 0 aliphatic heterocycles. The monoisotopic (exact) mass is 295 g/mol. The summed E-state index contributed by atoms with van der Waals surface area (Å²) < 4.78 is 5.14. The van der Waals surface area contributed by atoms with Gasteiger partial charge in [-0.15, -0.1) is 0 Å². The molecule has 1 fully saturated rings. The predicted octanol–water partition coefficient (Wildman–Crippen LogP) is 4.03. The highest BCUT2D eigenvalue weighted by atomic mass is 16.5. The molecule has 1 aliphatic carbocycles. The lowest BCUT2D eigenvalue weighted by Gasteiger charge is -2.07. The summed E-state index contributed by atoms with van der Waals surface area (Å²) in [5, 5.41) is 2.65. The number of benzene rings is 2. The van der Waals surface area contributed by atoms with Crippen LogP contribution in [0.5, 0.6) is 0 Å². The van der Waals surface area contributed by atoms with Crippen molar-refractivity contribution in [3.8, 4) is 0 Å². The third-order valence-electron chi connectivity index (χ3n) is 3.58. The van der Waals surface area contributed by atoms with E-state index in [1.807, 2.05) is 30.3 Å². The third-order valence-corrected chi connectivity index (χ3v) is 3.58. The van der Waals surface area contributed by atoms with Crippen molar-refractivity contribution in [1.82, 2.24) is 0 Å². The Morgan fingerprint density at radius 3 is 2.32 bits per heavy atom. The van der Waals surface area contributed by atoms with Crippen molar-refractivity contribution in [1.29, 1.82) is 0 Å². The Morgan fingerprint density at radius 1 is 1.00 bits per heavy atom. The Morgan fingerprint density at radius 2 is 1.68 bits per heavy atom. The summed E-state index contributed by atoms with van der Waals surface area (Å²) in [5.41, 5.74) is 2.25. The van der Waals surface area contributed by atoms with Gasteiger partial charge in [0, 0.05) is 17.2 Å². The fraction of sp³-hybridized carbons (Fsp3) is 0.222. The first-order valence-corrected chi connectivity index (χ1v) is 7.34. The Kier molecular flexibility index (Phi) is 4.19. The van der Waals surface area contributed by atoms with Gasteiger partial charge in [-0.3, -0.25) is 10.1 Å². The fourth-order valence-electron chi connectivity index (χ4n) is 2.18. The summed E-state index contributed by atoms with van der Waals surface area (Å²) in [6.07, 6.45) is 1.47. The van der Waals surface area contributed by atoms with Crippen molar-refractivity contribution < 1.29 is 14.3 Å². The van der Waals surface area contributed by atoms with Crippen LogP contribution in [0.25, 0.3) is 0 Å². The zero-order chi connectivity index (χ0) is 15.4. The molecule has 3 rings (SSSR count). The van der Waals surface area contributed by atoms with Crippen LogP contribution >= 0.6 is 0 Å². The average Bonchev–Trinajstić information content (AvgIpc) is 3.39. The molecule has 0 saturated heterocycles. The molecular weight excluding hydrogens is 278 g/mol. The Hall–Kier alpha value is -2.62. The molecule has 22 heavy (non-hydrogen) atoms. The molecule has 0 aromatic heterocycles. The molecule has 0 bridgehead atoms. The lowest BCUT2D eigenvalue weighted by Crippen LogP contribution is -2.13. The summed E-state index contributed by atoms with van der Waals surface area (Å²) in [5.74, 6) is 0.396. The maximum Gasteiger partial charge on any atom is 0.411 e. The SMILES string of the molecule is O=C(Nc1ccc(C(=O)C2CC2)cc1)OCc1ccccc1. The number of rotatable bonds is 5. The minimum atomic E-state index is -0.509. The highest BCUT2D eigenvalue weighted by Crippen LogP contribution is 2.32. The largest absolute Gasteiger partial charge is 0.444 e. The van der Waals surface area contributed by atoms with Crippen LogP contribution in [0.4, 0.5) is 10.5 Å². The van der Waals surface area contributed by atoms with Gasteiger partial charge in [0.15, 0.2) is 5.78 Å². The van der Waals surface area contributed by atoms with E-state index in [0.717, 1.165) is 18.4 Å². The Bertz CT molecular complexity index is 660. The second kappa shape index (κ2) is 6.43. The molecule has 0 radical (unpaired) electrons. The second-order valence-corrected chi connectivity index (χ2v) is 5.40. The number of hydrogen-bond acceptors (Lipinski definition) is 3. The third kappa shape index (κ3) is 3.73. The van der Waals surface area contributed by atoms with E-state index in [2.05, 4.69) is 5.32 Å². The Balaban J connectivity index is 1.51. The number of nitrogens with one attached hydrogen (secondary N) is 1. The molecule has 0 spiro atoms. The Labute approximate surface area is 129 Å². The van der Waals surface area contributed by atoms with Gasteiger partial charge in [0.05, 0.1) is 0 Å². The van der Waals surface area contributed by atoms with Crippen LogP contribution in [0.2, 0.25) is 0 Å². The van der Waals surface area contributed by atoms with Crippen molar-refractivity contribution in [2.75, 3.05) is 5.32 Å². The van der Waals surface area contributed by atoms with E-state index in [9.17, 15) is 9.59 Å². The number of anilines is 1. The van der Waals surface area contributed by atoms with Crippen LogP contribution in [0.15, 0.2) is 54.6 Å². The molecule has 0 unspecified atom stereocenters. The molecule has 0 heterocycles. The number of carbonyl (C=O) groups excluding carboxylic acids is 2. The lowest BCUT2D eigenvalue weighted by molar-refractivity contribution is 0.0967. The molecule has 1 amide bonds. The fourth-order valence-corrected chi connectivity index (χ4v) is 2.18. The van der Waals surface area contributed by atoms with Crippen molar-refractivity contribution in [2.45, 2.75) is 19.4 Å². The minimum absolute atomic E-state index is 0.193. The first-order valence-electron chi connectivity index (χ1n) is 7.34. The van der Waals surface area contributed by atoms with Crippen LogP contribution in [0.3, 0.4) is 0 Å². The maximum absolute atomic E-state index is 11.9. The predicted molar refractivity (Wildman–Crippen MR) is 83.7 cm³/mol. The van der Waals surface area contributed by atoms with Gasteiger partial charge in [-0.25, -0.2) is 4.79 Å². The highest BCUT2D eigenvalue weighted by molar-refractivity contribution is 5.99. The van der Waals surface area contributed by atoms with E-state index >= 15 is 0 Å². The first kappa shape index (κ1) is 14.3. The van der Waals surface area contributed by atoms with Gasteiger partial charge in [0.25, 0.3) is 0 Å². The molecule has 1 aliphatic rings. The summed E-state index contributed by atoms with van der Waals surface area (Å²) in [4.78, 5) is 23.6. The van der Waals surface area contributed by atoms with Crippen molar-refractivity contribution in [3.63, 3.8) is 0 Å². The zero-order valence-corrected chi connectivity index (χ0v) is 12.1. The van der Waals surface area contributed by atoms with E-state index in [1.165, 1.54) is 0 Å². The van der Waals surface area contributed by atoms with E-state index in [0.29, 0.717) is 11.3 Å². The molecule has 112 valence electrons. The van der Waals surface area contributed by atoms with Gasteiger partial charge in [-0.2, -0.15) is 0 Å². The topological polar surface area (TPSA) is 55.4 Å². The number of ether oxygens (including phenoxy) is 1. The normalized spacial score (nSPS) is 13.5. The maximum atomic E-state index is 11.9. The van der Waals surface area contributed by atoms with Gasteiger partial charge in [-0.05, 0) is 42.7 Å². The molecular formula is C18H17NO3. The van der Waals surface area contributed by atoms with Gasteiger partial charge in [0.1, 0.15) is 6.61 Å². The number of ketones is 1. The lowest BCUT2D eigenvalue weighted by atomic mass is 10.1. The van der Waals surface area contributed by atoms with Gasteiger partial charge in [0.2, 0.25) is 0 Å². The van der Waals surface area contributed by atoms with E-state index in [4.69, 9.17) is 4.74 Å². The van der Waals surface area contributed by atoms with Crippen LogP contribution in [0.1, 0.15) is 28.8 Å². The summed E-state index contributed by atoms with van der Waals surface area (Å²) in [6, 6.07) is 16.4. The molecule has 2 aromatic rings. The highest BCUT2D eigenvalue weighted by Gasteiger charge is 2.30. The number of amides is 1.